The van der Waals surface area contributed by atoms with Gasteiger partial charge in [0, 0.05) is 5.92 Å². The van der Waals surface area contributed by atoms with Crippen molar-refractivity contribution >= 4 is 23.0 Å². The zero-order chi connectivity index (χ0) is 21.1. The van der Waals surface area contributed by atoms with Crippen LogP contribution in [0.5, 0.6) is 0 Å². The number of hydrogen-bond acceptors (Lipinski definition) is 4. The summed E-state index contributed by atoms with van der Waals surface area (Å²) in [5.41, 5.74) is 7.49. The Morgan fingerprint density at radius 2 is 2.07 bits per heavy atom. The monoisotopic (exact) mass is 414 g/mol. The van der Waals surface area contributed by atoms with Gasteiger partial charge in [-0.15, -0.1) is 0 Å². The number of aliphatic hydroxyl groups is 1. The molecule has 29 heavy (non-hydrogen) atoms. The van der Waals surface area contributed by atoms with Crippen molar-refractivity contribution in [1.29, 1.82) is 5.26 Å². The molecule has 4 aliphatic rings. The molecule has 5 heteroatoms. The maximum absolute atomic E-state index is 12.8. The van der Waals surface area contributed by atoms with Gasteiger partial charge in [-0.05, 0) is 86.4 Å². The maximum Gasteiger partial charge on any atom is 0.133 e. The van der Waals surface area contributed by atoms with Gasteiger partial charge in [0.15, 0.2) is 0 Å². The Hall–Kier alpha value is -1.25. The topological polar surface area (TPSA) is 87.1 Å². The summed E-state index contributed by atoms with van der Waals surface area (Å²) in [6, 6.07) is 2.33. The largest absolute Gasteiger partial charge is 0.393 e. The van der Waals surface area contributed by atoms with Crippen molar-refractivity contribution < 1.29 is 9.90 Å². The average molecular weight is 415 g/mol. The molecule has 4 aliphatic carbocycles. The number of allylic oxidation sites excluding steroid dienone is 1. The minimum Gasteiger partial charge on any atom is -0.393 e. The highest BCUT2D eigenvalue weighted by Crippen LogP contribution is 2.68. The van der Waals surface area contributed by atoms with Gasteiger partial charge in [0.1, 0.15) is 5.78 Å². The Balaban J connectivity index is 1.71. The second kappa shape index (κ2) is 7.17. The van der Waals surface area contributed by atoms with E-state index in [1.54, 1.807) is 6.92 Å². The first kappa shape index (κ1) is 21.0. The molecule has 3 fully saturated rings. The molecule has 0 saturated heterocycles. The summed E-state index contributed by atoms with van der Waals surface area (Å²) in [6.45, 7) is 6.39. The molecular weight excluding hydrogens is 380 g/mol. The number of Topliss-reactive ketones (excluding diaryl/α,β-unsaturated/α-hetero) is 1. The predicted molar refractivity (Wildman–Crippen MR) is 117 cm³/mol. The smallest absolute Gasteiger partial charge is 0.133 e. The van der Waals surface area contributed by atoms with Crippen molar-refractivity contribution in [2.75, 3.05) is 0 Å². The zero-order valence-corrected chi connectivity index (χ0v) is 18.7. The SMILES string of the molecule is CC(=O)[C@H]1[C@H]([C@@H](C#N)C(N)=S)C[C@H]2[C@@H]3CC=C4C[C@H](O)CC[C@]4(C)[C@H]3CC[C@@]21C. The van der Waals surface area contributed by atoms with Crippen LogP contribution in [-0.4, -0.2) is 22.0 Å². The van der Waals surface area contributed by atoms with Crippen LogP contribution in [0.4, 0.5) is 0 Å². The quantitative estimate of drug-likeness (QED) is 0.535. The lowest BCUT2D eigenvalue weighted by Gasteiger charge is -2.57. The molecule has 0 aromatic carbocycles. The third-order valence-electron chi connectivity index (χ3n) is 9.49. The van der Waals surface area contributed by atoms with Gasteiger partial charge in [0.05, 0.1) is 23.1 Å². The second-order valence-corrected chi connectivity index (χ2v) is 11.2. The van der Waals surface area contributed by atoms with Gasteiger partial charge in [0.2, 0.25) is 0 Å². The number of fused-ring (bicyclic) bond motifs is 5. The Kier molecular flexibility index (Phi) is 5.19. The van der Waals surface area contributed by atoms with Gasteiger partial charge in [-0.3, -0.25) is 4.79 Å². The van der Waals surface area contributed by atoms with Crippen LogP contribution < -0.4 is 5.73 Å². The summed E-state index contributed by atoms with van der Waals surface area (Å²) in [7, 11) is 0. The van der Waals surface area contributed by atoms with Crippen LogP contribution >= 0.6 is 12.2 Å². The van der Waals surface area contributed by atoms with Crippen molar-refractivity contribution in [1.82, 2.24) is 0 Å². The second-order valence-electron chi connectivity index (χ2n) is 10.7. The van der Waals surface area contributed by atoms with E-state index < -0.39 is 5.92 Å². The van der Waals surface area contributed by atoms with E-state index in [-0.39, 0.29) is 39.5 Å². The maximum atomic E-state index is 12.8. The van der Waals surface area contributed by atoms with Gasteiger partial charge >= 0.3 is 0 Å². The number of rotatable bonds is 3. The fourth-order valence-electron chi connectivity index (χ4n) is 8.20. The van der Waals surface area contributed by atoms with Gasteiger partial charge in [-0.2, -0.15) is 5.26 Å². The minimum atomic E-state index is -0.519. The molecule has 0 heterocycles. The number of nitriles is 1. The Labute approximate surface area is 179 Å². The summed E-state index contributed by atoms with van der Waals surface area (Å²) in [6.07, 6.45) is 9.03. The molecule has 158 valence electrons. The summed E-state index contributed by atoms with van der Waals surface area (Å²) in [5.74, 6) is 1.04. The van der Waals surface area contributed by atoms with Crippen LogP contribution in [0.15, 0.2) is 11.6 Å². The number of carbonyl (C=O) groups excluding carboxylic acids is 1. The van der Waals surface area contributed by atoms with E-state index in [1.165, 1.54) is 5.57 Å². The molecule has 0 bridgehead atoms. The van der Waals surface area contributed by atoms with Gasteiger partial charge < -0.3 is 10.8 Å². The fourth-order valence-corrected chi connectivity index (χ4v) is 8.43. The van der Waals surface area contributed by atoms with E-state index >= 15 is 0 Å². The molecule has 0 aromatic rings. The first-order chi connectivity index (χ1) is 13.6. The van der Waals surface area contributed by atoms with Gasteiger partial charge in [0.25, 0.3) is 0 Å². The Morgan fingerprint density at radius 3 is 2.69 bits per heavy atom. The zero-order valence-electron chi connectivity index (χ0n) is 17.9. The van der Waals surface area contributed by atoms with E-state index in [0.717, 1.165) is 44.9 Å². The first-order valence-electron chi connectivity index (χ1n) is 11.2. The molecule has 0 spiro atoms. The molecule has 0 unspecified atom stereocenters. The summed E-state index contributed by atoms with van der Waals surface area (Å²) >= 11 is 5.22. The average Bonchev–Trinajstić information content (AvgIpc) is 2.95. The number of ketones is 1. The molecule has 0 aliphatic heterocycles. The number of nitrogens with two attached hydrogens (primary N) is 1. The normalized spacial score (nSPS) is 47.1. The van der Waals surface area contributed by atoms with E-state index in [2.05, 4.69) is 26.0 Å². The number of aliphatic hydroxyl groups excluding tert-OH is 1. The van der Waals surface area contributed by atoms with Gasteiger partial charge in [-0.1, -0.05) is 37.7 Å². The van der Waals surface area contributed by atoms with Crippen molar-refractivity contribution in [3.8, 4) is 6.07 Å². The van der Waals surface area contributed by atoms with Crippen LogP contribution in [0.3, 0.4) is 0 Å². The lowest BCUT2D eigenvalue weighted by atomic mass is 9.47. The molecule has 4 rings (SSSR count). The number of carbonyl (C=O) groups is 1. The Morgan fingerprint density at radius 1 is 1.34 bits per heavy atom. The number of hydrogen-bond donors (Lipinski definition) is 2. The van der Waals surface area contributed by atoms with Crippen LogP contribution in [0.2, 0.25) is 0 Å². The van der Waals surface area contributed by atoms with Crippen molar-refractivity contribution in [3.63, 3.8) is 0 Å². The van der Waals surface area contributed by atoms with E-state index in [0.29, 0.717) is 17.8 Å². The molecule has 4 nitrogen and oxygen atoms in total. The first-order valence-corrected chi connectivity index (χ1v) is 11.6. The highest BCUT2D eigenvalue weighted by Gasteiger charge is 2.63. The van der Waals surface area contributed by atoms with Crippen LogP contribution in [-0.2, 0) is 4.79 Å². The standard InChI is InChI=1S/C24H34N2O2S/c1-13(27)21-17(18(12-25)22(26)29)11-20-16-5-4-14-10-15(28)6-8-23(14,2)19(16)7-9-24(20,21)3/h4,15-21,28H,5-11H2,1-3H3,(H2,26,29)/t15-,16-,17+,18-,19+,20+,21+,23+,24+/m1/s1. The molecule has 0 radical (unpaired) electrons. The fraction of sp³-hybridized carbons (Fsp3) is 0.792. The van der Waals surface area contributed by atoms with Crippen molar-refractivity contribution in [2.24, 2.45) is 52.1 Å². The number of nitrogens with zero attached hydrogens (tertiary/aromatic N) is 1. The highest BCUT2D eigenvalue weighted by atomic mass is 32.1. The van der Waals surface area contributed by atoms with Crippen molar-refractivity contribution in [3.05, 3.63) is 11.6 Å². The molecular formula is C24H34N2O2S. The summed E-state index contributed by atoms with van der Waals surface area (Å²) in [4.78, 5) is 13.1. The third kappa shape index (κ3) is 3.01. The Bertz CT molecular complexity index is 801. The summed E-state index contributed by atoms with van der Waals surface area (Å²) < 4.78 is 0. The minimum absolute atomic E-state index is 0.0601. The van der Waals surface area contributed by atoms with Crippen LogP contribution in [0.25, 0.3) is 0 Å². The van der Waals surface area contributed by atoms with E-state index in [9.17, 15) is 15.2 Å². The van der Waals surface area contributed by atoms with Gasteiger partial charge in [-0.25, -0.2) is 0 Å². The molecule has 0 aromatic heterocycles. The molecule has 3 N–H and O–H groups in total. The number of thiocarbonyl (C=S) groups is 1. The van der Waals surface area contributed by atoms with Crippen molar-refractivity contribution in [2.45, 2.75) is 71.8 Å². The molecule has 3 saturated carbocycles. The lowest BCUT2D eigenvalue weighted by molar-refractivity contribution is -0.129. The van der Waals surface area contributed by atoms with E-state index in [4.69, 9.17) is 18.0 Å². The molecule has 9 atom stereocenters. The predicted octanol–water partition coefficient (Wildman–Crippen LogP) is 4.17. The lowest BCUT2D eigenvalue weighted by Crippen LogP contribution is -2.51. The van der Waals surface area contributed by atoms with Crippen LogP contribution in [0, 0.1) is 57.7 Å². The molecule has 0 amide bonds. The van der Waals surface area contributed by atoms with Crippen LogP contribution in [0.1, 0.15) is 65.7 Å². The van der Waals surface area contributed by atoms with E-state index in [1.807, 2.05) is 0 Å². The highest BCUT2D eigenvalue weighted by molar-refractivity contribution is 7.80. The summed E-state index contributed by atoms with van der Waals surface area (Å²) in [5, 5.41) is 20.0. The third-order valence-corrected chi connectivity index (χ3v) is 9.75.